The third kappa shape index (κ3) is 2.99. The number of aliphatic hydroxyl groups is 2. The van der Waals surface area contributed by atoms with Crippen molar-refractivity contribution in [1.29, 1.82) is 0 Å². The van der Waals surface area contributed by atoms with Crippen LogP contribution < -0.4 is 0 Å². The lowest BCUT2D eigenvalue weighted by Crippen LogP contribution is -2.55. The molecule has 1 rings (SSSR count). The molecule has 0 amide bonds. The first-order chi connectivity index (χ1) is 8.31. The first-order valence-electron chi connectivity index (χ1n) is 4.92. The predicted octanol–water partition coefficient (Wildman–Crippen LogP) is 1.02. The van der Waals surface area contributed by atoms with Crippen LogP contribution in [0.15, 0.2) is 30.3 Å². The highest BCUT2D eigenvalue weighted by Gasteiger charge is 2.60. The molecule has 18 heavy (non-hydrogen) atoms. The van der Waals surface area contributed by atoms with Gasteiger partial charge in [0.1, 0.15) is 6.61 Å². The van der Waals surface area contributed by atoms with Gasteiger partial charge >= 0.3 is 12.1 Å². The molecule has 4 nitrogen and oxygen atoms in total. The molecule has 0 aromatic heterocycles. The SMILES string of the molecule is O=C(OCc1ccccc1)[C@](O)(CO)C(F)(F)F. The largest absolute Gasteiger partial charge is 0.458 e. The van der Waals surface area contributed by atoms with E-state index in [-0.39, 0.29) is 0 Å². The first-order valence-corrected chi connectivity index (χ1v) is 4.92. The lowest BCUT2D eigenvalue weighted by molar-refractivity contribution is -0.271. The zero-order valence-corrected chi connectivity index (χ0v) is 9.15. The second-order valence-corrected chi connectivity index (χ2v) is 3.58. The molecule has 100 valence electrons. The lowest BCUT2D eigenvalue weighted by Gasteiger charge is -2.25. The van der Waals surface area contributed by atoms with Crippen molar-refractivity contribution in [3.8, 4) is 0 Å². The molecule has 1 aromatic carbocycles. The second-order valence-electron chi connectivity index (χ2n) is 3.58. The fourth-order valence-electron chi connectivity index (χ4n) is 1.11. The summed E-state index contributed by atoms with van der Waals surface area (Å²) in [6, 6.07) is 8.00. The maximum atomic E-state index is 12.4. The summed E-state index contributed by atoms with van der Waals surface area (Å²) < 4.78 is 41.5. The topological polar surface area (TPSA) is 66.8 Å². The highest BCUT2D eigenvalue weighted by molar-refractivity contribution is 5.80. The average Bonchev–Trinajstić information content (AvgIpc) is 2.34. The zero-order chi connectivity index (χ0) is 13.8. The molecular weight excluding hydrogens is 253 g/mol. The fraction of sp³-hybridized carbons (Fsp3) is 0.364. The van der Waals surface area contributed by atoms with E-state index in [2.05, 4.69) is 4.74 Å². The van der Waals surface area contributed by atoms with E-state index in [9.17, 15) is 18.0 Å². The normalized spacial score (nSPS) is 14.9. The molecule has 0 bridgehead atoms. The standard InChI is InChI=1S/C11H11F3O4/c12-11(13,14)10(17,7-15)9(16)18-6-8-4-2-1-3-5-8/h1-5,15,17H,6-7H2/t10-/m1/s1. The van der Waals surface area contributed by atoms with Gasteiger partial charge in [-0.05, 0) is 5.56 Å². The number of aliphatic hydroxyl groups excluding tert-OH is 1. The third-order valence-electron chi connectivity index (χ3n) is 2.25. The van der Waals surface area contributed by atoms with Crippen LogP contribution in [0.4, 0.5) is 13.2 Å². The Hall–Kier alpha value is -1.60. The molecule has 0 aliphatic rings. The number of rotatable bonds is 4. The number of ether oxygens (including phenoxy) is 1. The maximum Gasteiger partial charge on any atom is 0.430 e. The van der Waals surface area contributed by atoms with Crippen LogP contribution in [0.25, 0.3) is 0 Å². The summed E-state index contributed by atoms with van der Waals surface area (Å²) >= 11 is 0. The van der Waals surface area contributed by atoms with Gasteiger partial charge in [0.15, 0.2) is 0 Å². The Morgan fingerprint density at radius 1 is 1.22 bits per heavy atom. The van der Waals surface area contributed by atoms with Crippen molar-refractivity contribution in [1.82, 2.24) is 0 Å². The predicted molar refractivity (Wildman–Crippen MR) is 54.3 cm³/mol. The van der Waals surface area contributed by atoms with Crippen molar-refractivity contribution in [2.45, 2.75) is 18.4 Å². The molecular formula is C11H11F3O4. The molecule has 0 fully saturated rings. The minimum Gasteiger partial charge on any atom is -0.458 e. The van der Waals surface area contributed by atoms with Gasteiger partial charge < -0.3 is 14.9 Å². The first kappa shape index (κ1) is 14.5. The highest BCUT2D eigenvalue weighted by Crippen LogP contribution is 2.31. The van der Waals surface area contributed by atoms with E-state index in [4.69, 9.17) is 10.2 Å². The summed E-state index contributed by atoms with van der Waals surface area (Å²) in [5.41, 5.74) is -3.42. The molecule has 0 saturated heterocycles. The van der Waals surface area contributed by atoms with Crippen LogP contribution in [0.3, 0.4) is 0 Å². The van der Waals surface area contributed by atoms with Gasteiger partial charge in [-0.25, -0.2) is 4.79 Å². The van der Waals surface area contributed by atoms with Crippen molar-refractivity contribution in [3.05, 3.63) is 35.9 Å². The zero-order valence-electron chi connectivity index (χ0n) is 9.15. The molecule has 0 radical (unpaired) electrons. The van der Waals surface area contributed by atoms with E-state index < -0.39 is 31.0 Å². The van der Waals surface area contributed by atoms with E-state index in [0.717, 1.165) is 0 Å². The van der Waals surface area contributed by atoms with Gasteiger partial charge in [0.2, 0.25) is 0 Å². The van der Waals surface area contributed by atoms with Gasteiger partial charge in [0.25, 0.3) is 5.60 Å². The summed E-state index contributed by atoms with van der Waals surface area (Å²) in [5, 5.41) is 17.6. The second kappa shape index (κ2) is 5.36. The Balaban J connectivity index is 2.70. The van der Waals surface area contributed by atoms with Crippen LogP contribution in [-0.2, 0) is 16.1 Å². The molecule has 7 heteroatoms. The van der Waals surface area contributed by atoms with Crippen LogP contribution in [0.2, 0.25) is 0 Å². The number of esters is 1. The third-order valence-corrected chi connectivity index (χ3v) is 2.25. The number of hydrogen-bond donors (Lipinski definition) is 2. The van der Waals surface area contributed by atoms with Crippen LogP contribution in [-0.4, -0.2) is 34.6 Å². The van der Waals surface area contributed by atoms with Crippen molar-refractivity contribution in [2.75, 3.05) is 6.61 Å². The minimum absolute atomic E-state index is 0.419. The summed E-state index contributed by atoms with van der Waals surface area (Å²) in [5.74, 6) is -1.93. The molecule has 1 aromatic rings. The summed E-state index contributed by atoms with van der Waals surface area (Å²) in [6.07, 6.45) is -5.30. The Kier molecular flexibility index (Phi) is 4.31. The van der Waals surface area contributed by atoms with Crippen molar-refractivity contribution < 1.29 is 32.9 Å². The van der Waals surface area contributed by atoms with E-state index in [0.29, 0.717) is 5.56 Å². The maximum absolute atomic E-state index is 12.4. The highest BCUT2D eigenvalue weighted by atomic mass is 19.4. The average molecular weight is 264 g/mol. The van der Waals surface area contributed by atoms with Gasteiger partial charge in [0.05, 0.1) is 6.61 Å². The molecule has 0 aliphatic heterocycles. The number of alkyl halides is 3. The van der Waals surface area contributed by atoms with Crippen LogP contribution in [0, 0.1) is 0 Å². The number of halogens is 3. The van der Waals surface area contributed by atoms with E-state index in [1.54, 1.807) is 30.3 Å². The number of hydrogen-bond acceptors (Lipinski definition) is 4. The summed E-state index contributed by atoms with van der Waals surface area (Å²) in [4.78, 5) is 11.2. The van der Waals surface area contributed by atoms with E-state index in [1.165, 1.54) is 0 Å². The van der Waals surface area contributed by atoms with Crippen LogP contribution >= 0.6 is 0 Å². The molecule has 0 aliphatic carbocycles. The number of carbonyl (C=O) groups is 1. The molecule has 2 N–H and O–H groups in total. The summed E-state index contributed by atoms with van der Waals surface area (Å²) in [6.45, 7) is -2.21. The van der Waals surface area contributed by atoms with E-state index in [1.807, 2.05) is 0 Å². The van der Waals surface area contributed by atoms with Crippen LogP contribution in [0.1, 0.15) is 5.56 Å². The van der Waals surface area contributed by atoms with Gasteiger partial charge in [-0.1, -0.05) is 30.3 Å². The lowest BCUT2D eigenvalue weighted by atomic mass is 10.1. The molecule has 1 atom stereocenters. The molecule has 0 heterocycles. The Bertz CT molecular complexity index is 404. The Morgan fingerprint density at radius 3 is 2.22 bits per heavy atom. The van der Waals surface area contributed by atoms with Crippen molar-refractivity contribution in [3.63, 3.8) is 0 Å². The van der Waals surface area contributed by atoms with Crippen molar-refractivity contribution in [2.24, 2.45) is 0 Å². The monoisotopic (exact) mass is 264 g/mol. The number of benzene rings is 1. The molecule has 0 unspecified atom stereocenters. The Morgan fingerprint density at radius 2 is 1.78 bits per heavy atom. The van der Waals surface area contributed by atoms with Crippen molar-refractivity contribution >= 4 is 5.97 Å². The Labute approximate surface area is 101 Å². The van der Waals surface area contributed by atoms with E-state index >= 15 is 0 Å². The molecule has 0 spiro atoms. The van der Waals surface area contributed by atoms with Crippen LogP contribution in [0.5, 0.6) is 0 Å². The van der Waals surface area contributed by atoms with Gasteiger partial charge in [0, 0.05) is 0 Å². The molecule has 0 saturated carbocycles. The fourth-order valence-corrected chi connectivity index (χ4v) is 1.11. The van der Waals surface area contributed by atoms with Gasteiger partial charge in [-0.3, -0.25) is 0 Å². The number of carbonyl (C=O) groups excluding carboxylic acids is 1. The van der Waals surface area contributed by atoms with Gasteiger partial charge in [-0.15, -0.1) is 0 Å². The quantitative estimate of drug-likeness (QED) is 0.797. The van der Waals surface area contributed by atoms with Gasteiger partial charge in [-0.2, -0.15) is 13.2 Å². The summed E-state index contributed by atoms with van der Waals surface area (Å²) in [7, 11) is 0. The minimum atomic E-state index is -5.30. The smallest absolute Gasteiger partial charge is 0.430 e.